The molecule has 1 aliphatic rings. The Balaban J connectivity index is 1.99. The second-order valence-electron chi connectivity index (χ2n) is 4.99. The molecule has 2 rings (SSSR count). The number of ether oxygens (including phenoxy) is 1. The van der Waals surface area contributed by atoms with Crippen LogP contribution in [0.4, 0.5) is 0 Å². The van der Waals surface area contributed by atoms with E-state index >= 15 is 0 Å². The standard InChI is InChI=1S/C15H22N2O2/c1-17(13-7-5-9-16-11-13)15(18)10-12-6-3-4-8-14(12)19-2/h3-4,6,8,13,16H,5,7,9-11H2,1-2H3. The molecular formula is C15H22N2O2. The van der Waals surface area contributed by atoms with E-state index in [1.54, 1.807) is 7.11 Å². The average molecular weight is 262 g/mol. The van der Waals surface area contributed by atoms with Gasteiger partial charge in [-0.25, -0.2) is 0 Å². The highest BCUT2D eigenvalue weighted by Crippen LogP contribution is 2.19. The van der Waals surface area contributed by atoms with Gasteiger partial charge in [0.15, 0.2) is 0 Å². The second kappa shape index (κ2) is 6.57. The van der Waals surface area contributed by atoms with E-state index in [0.29, 0.717) is 12.5 Å². The molecule has 1 aromatic carbocycles. The van der Waals surface area contributed by atoms with Crippen molar-refractivity contribution in [3.8, 4) is 5.75 Å². The largest absolute Gasteiger partial charge is 0.496 e. The molecule has 0 spiro atoms. The predicted molar refractivity (Wildman–Crippen MR) is 75.4 cm³/mol. The van der Waals surface area contributed by atoms with Gasteiger partial charge in [0.05, 0.1) is 13.5 Å². The van der Waals surface area contributed by atoms with Gasteiger partial charge in [-0.3, -0.25) is 4.79 Å². The van der Waals surface area contributed by atoms with Gasteiger partial charge in [-0.1, -0.05) is 18.2 Å². The lowest BCUT2D eigenvalue weighted by atomic mass is 10.0. The summed E-state index contributed by atoms with van der Waals surface area (Å²) in [6.45, 7) is 1.96. The number of likely N-dealkylation sites (N-methyl/N-ethyl adjacent to an activating group) is 1. The fourth-order valence-electron chi connectivity index (χ4n) is 2.50. The molecule has 104 valence electrons. The highest BCUT2D eigenvalue weighted by molar-refractivity contribution is 5.79. The van der Waals surface area contributed by atoms with Crippen LogP contribution >= 0.6 is 0 Å². The summed E-state index contributed by atoms with van der Waals surface area (Å²) in [5.74, 6) is 0.934. The summed E-state index contributed by atoms with van der Waals surface area (Å²) in [4.78, 5) is 14.2. The van der Waals surface area contributed by atoms with Crippen LogP contribution in [-0.2, 0) is 11.2 Å². The Morgan fingerprint density at radius 2 is 2.26 bits per heavy atom. The molecular weight excluding hydrogens is 240 g/mol. The van der Waals surface area contributed by atoms with Gasteiger partial charge in [0, 0.05) is 25.2 Å². The summed E-state index contributed by atoms with van der Waals surface area (Å²) in [7, 11) is 3.54. The molecule has 1 N–H and O–H groups in total. The minimum Gasteiger partial charge on any atom is -0.496 e. The predicted octanol–water partition coefficient (Wildman–Crippen LogP) is 1.45. The van der Waals surface area contributed by atoms with Crippen LogP contribution in [0.25, 0.3) is 0 Å². The zero-order valence-corrected chi connectivity index (χ0v) is 11.7. The molecule has 4 nitrogen and oxygen atoms in total. The van der Waals surface area contributed by atoms with Crippen LogP contribution < -0.4 is 10.1 Å². The summed E-state index contributed by atoms with van der Waals surface area (Å²) in [6, 6.07) is 8.01. The Hall–Kier alpha value is -1.55. The Kier molecular flexibility index (Phi) is 4.80. The van der Waals surface area contributed by atoms with Gasteiger partial charge >= 0.3 is 0 Å². The minimum absolute atomic E-state index is 0.151. The van der Waals surface area contributed by atoms with Gasteiger partial charge in [-0.15, -0.1) is 0 Å². The van der Waals surface area contributed by atoms with Gasteiger partial charge in [0.1, 0.15) is 5.75 Å². The van der Waals surface area contributed by atoms with E-state index in [9.17, 15) is 4.79 Å². The molecule has 0 bridgehead atoms. The summed E-state index contributed by atoms with van der Waals surface area (Å²) in [6.07, 6.45) is 2.62. The van der Waals surface area contributed by atoms with E-state index in [1.165, 1.54) is 0 Å². The fraction of sp³-hybridized carbons (Fsp3) is 0.533. The molecule has 4 heteroatoms. The van der Waals surface area contributed by atoms with Gasteiger partial charge in [0.25, 0.3) is 0 Å². The number of carbonyl (C=O) groups excluding carboxylic acids is 1. The molecule has 1 aliphatic heterocycles. The van der Waals surface area contributed by atoms with Crippen molar-refractivity contribution in [2.45, 2.75) is 25.3 Å². The van der Waals surface area contributed by atoms with Crippen LogP contribution in [0, 0.1) is 0 Å². The van der Waals surface area contributed by atoms with Crippen molar-refractivity contribution in [1.29, 1.82) is 0 Å². The normalized spacial score (nSPS) is 18.9. The zero-order valence-electron chi connectivity index (χ0n) is 11.7. The summed E-state index contributed by atoms with van der Waals surface area (Å²) >= 11 is 0. The van der Waals surface area contributed by atoms with E-state index in [-0.39, 0.29) is 5.91 Å². The minimum atomic E-state index is 0.151. The lowest BCUT2D eigenvalue weighted by Gasteiger charge is -2.32. The Bertz CT molecular complexity index is 428. The van der Waals surface area contributed by atoms with Crippen molar-refractivity contribution < 1.29 is 9.53 Å². The first-order chi connectivity index (χ1) is 9.22. The fourth-order valence-corrected chi connectivity index (χ4v) is 2.50. The van der Waals surface area contributed by atoms with E-state index < -0.39 is 0 Å². The number of hydrogen-bond acceptors (Lipinski definition) is 3. The highest BCUT2D eigenvalue weighted by Gasteiger charge is 2.22. The molecule has 1 aromatic rings. The maximum absolute atomic E-state index is 12.3. The molecule has 1 unspecified atom stereocenters. The number of carbonyl (C=O) groups is 1. The van der Waals surface area contributed by atoms with Crippen molar-refractivity contribution in [3.63, 3.8) is 0 Å². The number of hydrogen-bond donors (Lipinski definition) is 1. The van der Waals surface area contributed by atoms with E-state index in [2.05, 4.69) is 5.32 Å². The van der Waals surface area contributed by atoms with Crippen molar-refractivity contribution in [2.75, 3.05) is 27.2 Å². The molecule has 0 saturated carbocycles. The number of nitrogens with one attached hydrogen (secondary N) is 1. The lowest BCUT2D eigenvalue weighted by molar-refractivity contribution is -0.131. The molecule has 19 heavy (non-hydrogen) atoms. The Morgan fingerprint density at radius 1 is 1.47 bits per heavy atom. The number of nitrogens with zero attached hydrogens (tertiary/aromatic N) is 1. The van der Waals surface area contributed by atoms with Gasteiger partial charge in [0.2, 0.25) is 5.91 Å². The van der Waals surface area contributed by atoms with Gasteiger partial charge < -0.3 is 15.0 Å². The SMILES string of the molecule is COc1ccccc1CC(=O)N(C)C1CCCNC1. The molecule has 1 atom stereocenters. The summed E-state index contributed by atoms with van der Waals surface area (Å²) in [5, 5.41) is 3.34. The Labute approximate surface area is 114 Å². The van der Waals surface area contributed by atoms with Crippen molar-refractivity contribution in [3.05, 3.63) is 29.8 Å². The first kappa shape index (κ1) is 13.9. The summed E-state index contributed by atoms with van der Waals surface area (Å²) < 4.78 is 5.29. The molecule has 0 aliphatic carbocycles. The van der Waals surface area contributed by atoms with Crippen LogP contribution in [0.15, 0.2) is 24.3 Å². The average Bonchev–Trinajstić information content (AvgIpc) is 2.48. The molecule has 1 saturated heterocycles. The van der Waals surface area contributed by atoms with Gasteiger partial charge in [-0.2, -0.15) is 0 Å². The first-order valence-electron chi connectivity index (χ1n) is 6.80. The van der Waals surface area contributed by atoms with Crippen LogP contribution in [-0.4, -0.2) is 44.1 Å². The van der Waals surface area contributed by atoms with Crippen LogP contribution in [0.3, 0.4) is 0 Å². The second-order valence-corrected chi connectivity index (χ2v) is 4.99. The van der Waals surface area contributed by atoms with Crippen molar-refractivity contribution >= 4 is 5.91 Å². The molecule has 1 amide bonds. The van der Waals surface area contributed by atoms with Gasteiger partial charge in [-0.05, 0) is 25.5 Å². The van der Waals surface area contributed by atoms with E-state index in [0.717, 1.165) is 37.2 Å². The smallest absolute Gasteiger partial charge is 0.227 e. The van der Waals surface area contributed by atoms with Crippen LogP contribution in [0.2, 0.25) is 0 Å². The third-order valence-electron chi connectivity index (χ3n) is 3.75. The quantitative estimate of drug-likeness (QED) is 0.893. The number of benzene rings is 1. The number of methoxy groups -OCH3 is 1. The third kappa shape index (κ3) is 3.47. The van der Waals surface area contributed by atoms with Crippen LogP contribution in [0.5, 0.6) is 5.75 Å². The zero-order chi connectivity index (χ0) is 13.7. The van der Waals surface area contributed by atoms with Crippen LogP contribution in [0.1, 0.15) is 18.4 Å². The van der Waals surface area contributed by atoms with E-state index in [1.807, 2.05) is 36.2 Å². The number of piperidine rings is 1. The summed E-state index contributed by atoms with van der Waals surface area (Å²) in [5.41, 5.74) is 0.950. The Morgan fingerprint density at radius 3 is 2.95 bits per heavy atom. The molecule has 1 heterocycles. The molecule has 0 radical (unpaired) electrons. The van der Waals surface area contributed by atoms with Crippen molar-refractivity contribution in [2.24, 2.45) is 0 Å². The maximum atomic E-state index is 12.3. The lowest BCUT2D eigenvalue weighted by Crippen LogP contribution is -2.47. The van der Waals surface area contributed by atoms with Crippen molar-refractivity contribution in [1.82, 2.24) is 10.2 Å². The monoisotopic (exact) mass is 262 g/mol. The number of para-hydroxylation sites is 1. The molecule has 1 fully saturated rings. The number of rotatable bonds is 4. The topological polar surface area (TPSA) is 41.6 Å². The maximum Gasteiger partial charge on any atom is 0.227 e. The highest BCUT2D eigenvalue weighted by atomic mass is 16.5. The molecule has 0 aromatic heterocycles. The first-order valence-corrected chi connectivity index (χ1v) is 6.80. The number of amides is 1. The van der Waals surface area contributed by atoms with E-state index in [4.69, 9.17) is 4.74 Å². The third-order valence-corrected chi connectivity index (χ3v) is 3.75.